The van der Waals surface area contributed by atoms with Crippen molar-refractivity contribution in [2.75, 3.05) is 25.0 Å². The van der Waals surface area contributed by atoms with Gasteiger partial charge in [-0.15, -0.1) is 5.10 Å². The number of hydrogen-bond donors (Lipinski definition) is 1. The molecule has 4 aromatic rings. The second kappa shape index (κ2) is 8.52. The van der Waals surface area contributed by atoms with Gasteiger partial charge in [-0.2, -0.15) is 0 Å². The van der Waals surface area contributed by atoms with Crippen molar-refractivity contribution in [1.29, 1.82) is 0 Å². The molecule has 9 nitrogen and oxygen atoms in total. The van der Waals surface area contributed by atoms with Crippen molar-refractivity contribution < 1.29 is 4.74 Å². The molecule has 5 rings (SSSR count). The number of ether oxygens (including phenoxy) is 1. The van der Waals surface area contributed by atoms with Crippen LogP contribution >= 0.6 is 0 Å². The van der Waals surface area contributed by atoms with Gasteiger partial charge in [0.15, 0.2) is 17.0 Å². The molecule has 1 aliphatic rings. The van der Waals surface area contributed by atoms with Crippen molar-refractivity contribution in [3.05, 3.63) is 66.7 Å². The van der Waals surface area contributed by atoms with Gasteiger partial charge in [0.2, 0.25) is 0 Å². The fraction of sp³-hybridized carbons (Fsp3) is 0.286. The highest BCUT2D eigenvalue weighted by molar-refractivity contribution is 5.84. The summed E-state index contributed by atoms with van der Waals surface area (Å²) in [5.74, 6) is 0.638. The van der Waals surface area contributed by atoms with Gasteiger partial charge in [-0.1, -0.05) is 29.5 Å². The van der Waals surface area contributed by atoms with Crippen molar-refractivity contribution in [3.63, 3.8) is 0 Å². The number of fused-ring (bicyclic) bond motifs is 1. The van der Waals surface area contributed by atoms with Crippen LogP contribution in [-0.2, 0) is 17.8 Å². The summed E-state index contributed by atoms with van der Waals surface area (Å²) in [5, 5.41) is 11.9. The molecule has 4 heterocycles. The zero-order valence-corrected chi connectivity index (χ0v) is 16.4. The molecule has 1 saturated heterocycles. The number of rotatable bonds is 6. The Labute approximate surface area is 173 Å². The van der Waals surface area contributed by atoms with Gasteiger partial charge in [0.05, 0.1) is 24.9 Å². The van der Waals surface area contributed by atoms with Crippen LogP contribution in [-0.4, -0.2) is 60.6 Å². The topological polar surface area (TPSA) is 93.9 Å². The molecule has 1 atom stereocenters. The maximum Gasteiger partial charge on any atom is 0.183 e. The Morgan fingerprint density at radius 3 is 2.80 bits per heavy atom. The molecule has 30 heavy (non-hydrogen) atoms. The summed E-state index contributed by atoms with van der Waals surface area (Å²) in [6, 6.07) is 15.9. The van der Waals surface area contributed by atoms with Crippen LogP contribution in [0.4, 0.5) is 11.5 Å². The van der Waals surface area contributed by atoms with Crippen molar-refractivity contribution in [2.45, 2.75) is 19.2 Å². The predicted octanol–water partition coefficient (Wildman–Crippen LogP) is 2.26. The van der Waals surface area contributed by atoms with E-state index in [0.717, 1.165) is 31.0 Å². The molecule has 0 radical (unpaired) electrons. The fourth-order valence-electron chi connectivity index (χ4n) is 3.61. The minimum atomic E-state index is 0.00728. The lowest BCUT2D eigenvalue weighted by Crippen LogP contribution is -2.44. The Balaban J connectivity index is 1.30. The first-order valence-electron chi connectivity index (χ1n) is 9.95. The van der Waals surface area contributed by atoms with Gasteiger partial charge in [-0.25, -0.2) is 14.6 Å². The minimum absolute atomic E-state index is 0.00728. The molecular formula is C21H22N8O. The molecule has 1 N–H and O–H groups in total. The zero-order chi connectivity index (χ0) is 20.2. The van der Waals surface area contributed by atoms with E-state index in [2.05, 4.69) is 35.5 Å². The number of morpholine rings is 1. The van der Waals surface area contributed by atoms with Crippen LogP contribution in [0, 0.1) is 0 Å². The van der Waals surface area contributed by atoms with E-state index in [-0.39, 0.29) is 6.10 Å². The lowest BCUT2D eigenvalue weighted by Gasteiger charge is -2.32. The summed E-state index contributed by atoms with van der Waals surface area (Å²) in [5.41, 5.74) is 3.33. The maximum atomic E-state index is 5.98. The molecule has 0 amide bonds. The average molecular weight is 402 g/mol. The summed E-state index contributed by atoms with van der Waals surface area (Å²) in [6.07, 6.45) is 3.37. The van der Waals surface area contributed by atoms with E-state index < -0.39 is 0 Å². The van der Waals surface area contributed by atoms with Crippen LogP contribution in [0.5, 0.6) is 0 Å². The van der Waals surface area contributed by atoms with E-state index in [0.29, 0.717) is 30.1 Å². The Hall–Kier alpha value is -3.43. The SMILES string of the molecule is c1ccc(Nc2ncnc3c2nnn3C[C@H]2CN(Cc3ccccn3)CCO2)cc1. The monoisotopic (exact) mass is 402 g/mol. The molecule has 1 fully saturated rings. The van der Waals surface area contributed by atoms with Gasteiger partial charge in [-0.05, 0) is 24.3 Å². The second-order valence-corrected chi connectivity index (χ2v) is 7.21. The second-order valence-electron chi connectivity index (χ2n) is 7.21. The summed E-state index contributed by atoms with van der Waals surface area (Å²) in [7, 11) is 0. The Kier molecular flexibility index (Phi) is 5.28. The standard InChI is InChI=1S/C21H22N8O/c1-2-6-16(7-3-1)25-20-19-21(24-15-23-20)29(27-26-19)14-18-13-28(10-11-30-18)12-17-8-4-5-9-22-17/h1-9,15,18H,10-14H2,(H,23,24,25)/t18-/m1/s1. The maximum absolute atomic E-state index is 5.98. The van der Waals surface area contributed by atoms with Gasteiger partial charge >= 0.3 is 0 Å². The first kappa shape index (κ1) is 18.6. The van der Waals surface area contributed by atoms with Gasteiger partial charge in [0, 0.05) is 31.5 Å². The molecule has 152 valence electrons. The number of hydrogen-bond acceptors (Lipinski definition) is 8. The Morgan fingerprint density at radius 1 is 1.03 bits per heavy atom. The molecule has 9 heteroatoms. The van der Waals surface area contributed by atoms with Gasteiger partial charge < -0.3 is 10.1 Å². The third-order valence-corrected chi connectivity index (χ3v) is 5.05. The summed E-state index contributed by atoms with van der Waals surface area (Å²) >= 11 is 0. The summed E-state index contributed by atoms with van der Waals surface area (Å²) < 4.78 is 7.78. The zero-order valence-electron chi connectivity index (χ0n) is 16.4. The number of para-hydroxylation sites is 1. The highest BCUT2D eigenvalue weighted by atomic mass is 16.5. The van der Waals surface area contributed by atoms with Gasteiger partial charge in [0.25, 0.3) is 0 Å². The van der Waals surface area contributed by atoms with Crippen molar-refractivity contribution in [1.82, 2.24) is 34.8 Å². The third-order valence-electron chi connectivity index (χ3n) is 5.05. The van der Waals surface area contributed by atoms with E-state index in [9.17, 15) is 0 Å². The quantitative estimate of drug-likeness (QED) is 0.525. The third kappa shape index (κ3) is 4.12. The van der Waals surface area contributed by atoms with Crippen LogP contribution in [0.2, 0.25) is 0 Å². The number of benzene rings is 1. The highest BCUT2D eigenvalue weighted by Crippen LogP contribution is 2.21. The number of aromatic nitrogens is 6. The van der Waals surface area contributed by atoms with E-state index in [4.69, 9.17) is 4.74 Å². The molecule has 0 bridgehead atoms. The first-order chi connectivity index (χ1) is 14.8. The Morgan fingerprint density at radius 2 is 1.93 bits per heavy atom. The predicted molar refractivity (Wildman–Crippen MR) is 112 cm³/mol. The summed E-state index contributed by atoms with van der Waals surface area (Å²) in [6.45, 7) is 3.76. The fourth-order valence-corrected chi connectivity index (χ4v) is 3.61. The average Bonchev–Trinajstić information content (AvgIpc) is 3.19. The van der Waals surface area contributed by atoms with E-state index in [1.54, 1.807) is 4.68 Å². The van der Waals surface area contributed by atoms with Gasteiger partial charge in [-0.3, -0.25) is 9.88 Å². The number of anilines is 2. The number of nitrogens with zero attached hydrogens (tertiary/aromatic N) is 7. The van der Waals surface area contributed by atoms with Crippen LogP contribution in [0.3, 0.4) is 0 Å². The van der Waals surface area contributed by atoms with Crippen LogP contribution in [0.15, 0.2) is 61.1 Å². The number of nitrogens with one attached hydrogen (secondary N) is 1. The van der Waals surface area contributed by atoms with Crippen molar-refractivity contribution in [3.8, 4) is 0 Å². The van der Waals surface area contributed by atoms with Crippen LogP contribution in [0.25, 0.3) is 11.2 Å². The van der Waals surface area contributed by atoms with E-state index in [1.807, 2.05) is 54.7 Å². The molecule has 0 unspecified atom stereocenters. The molecule has 0 saturated carbocycles. The molecule has 1 aromatic carbocycles. The largest absolute Gasteiger partial charge is 0.374 e. The molecular weight excluding hydrogens is 380 g/mol. The molecule has 3 aromatic heterocycles. The normalized spacial score (nSPS) is 17.3. The lowest BCUT2D eigenvalue weighted by atomic mass is 10.2. The van der Waals surface area contributed by atoms with Crippen molar-refractivity contribution in [2.24, 2.45) is 0 Å². The highest BCUT2D eigenvalue weighted by Gasteiger charge is 2.23. The lowest BCUT2D eigenvalue weighted by molar-refractivity contribution is -0.0402. The van der Waals surface area contributed by atoms with Crippen LogP contribution < -0.4 is 5.32 Å². The molecule has 0 spiro atoms. The first-order valence-corrected chi connectivity index (χ1v) is 9.95. The molecule has 0 aliphatic carbocycles. The van der Waals surface area contributed by atoms with Gasteiger partial charge in [0.1, 0.15) is 6.33 Å². The van der Waals surface area contributed by atoms with E-state index >= 15 is 0 Å². The van der Waals surface area contributed by atoms with Crippen molar-refractivity contribution >= 4 is 22.7 Å². The Bertz CT molecular complexity index is 1100. The smallest absolute Gasteiger partial charge is 0.183 e. The minimum Gasteiger partial charge on any atom is -0.374 e. The van der Waals surface area contributed by atoms with E-state index in [1.165, 1.54) is 6.33 Å². The molecule has 1 aliphatic heterocycles. The van der Waals surface area contributed by atoms with Crippen LogP contribution in [0.1, 0.15) is 5.69 Å². The number of pyridine rings is 1. The summed E-state index contributed by atoms with van der Waals surface area (Å²) in [4.78, 5) is 15.5.